The van der Waals surface area contributed by atoms with Crippen molar-refractivity contribution in [2.75, 3.05) is 11.1 Å². The number of carbonyl (C=O) groups excluding carboxylic acids is 1. The predicted molar refractivity (Wildman–Crippen MR) is 135 cm³/mol. The molecule has 1 amide bonds. The number of hydrogen-bond donors (Lipinski definition) is 1. The van der Waals surface area contributed by atoms with Crippen LogP contribution in [0.25, 0.3) is 16.6 Å². The average molecular weight is 508 g/mol. The lowest BCUT2D eigenvalue weighted by Crippen LogP contribution is -2.23. The van der Waals surface area contributed by atoms with Crippen LogP contribution in [0, 0.1) is 20.8 Å². The Morgan fingerprint density at radius 2 is 1.72 bits per heavy atom. The molecule has 32 heavy (non-hydrogen) atoms. The van der Waals surface area contributed by atoms with Crippen LogP contribution in [0.3, 0.4) is 0 Å². The molecule has 4 aromatic rings. The number of hydrogen-bond acceptors (Lipinski definition) is 4. The van der Waals surface area contributed by atoms with Gasteiger partial charge < -0.3 is 5.32 Å². The molecule has 4 rings (SSSR count). The number of carbonyl (C=O) groups is 1. The highest BCUT2D eigenvalue weighted by Crippen LogP contribution is 2.25. The second-order valence-corrected chi connectivity index (χ2v) is 9.51. The van der Waals surface area contributed by atoms with Crippen LogP contribution in [0.15, 0.2) is 75.1 Å². The summed E-state index contributed by atoms with van der Waals surface area (Å²) < 4.78 is 2.43. The highest BCUT2D eigenvalue weighted by Gasteiger charge is 2.16. The molecule has 1 aromatic heterocycles. The zero-order chi connectivity index (χ0) is 22.8. The quantitative estimate of drug-likeness (QED) is 0.273. The van der Waals surface area contributed by atoms with Crippen molar-refractivity contribution < 1.29 is 4.79 Å². The maximum Gasteiger partial charge on any atom is 0.266 e. The van der Waals surface area contributed by atoms with Gasteiger partial charge in [-0.2, -0.15) is 0 Å². The minimum absolute atomic E-state index is 0.121. The lowest BCUT2D eigenvalue weighted by molar-refractivity contribution is -0.113. The van der Waals surface area contributed by atoms with Gasteiger partial charge in [-0.05, 0) is 89.8 Å². The second-order valence-electron chi connectivity index (χ2n) is 7.72. The van der Waals surface area contributed by atoms with Gasteiger partial charge in [-0.3, -0.25) is 14.2 Å². The van der Waals surface area contributed by atoms with Crippen LogP contribution < -0.4 is 10.9 Å². The molecule has 0 radical (unpaired) electrons. The summed E-state index contributed by atoms with van der Waals surface area (Å²) in [6.07, 6.45) is 0. The fraction of sp³-hybridized carbons (Fsp3) is 0.160. The maximum absolute atomic E-state index is 13.4. The highest BCUT2D eigenvalue weighted by molar-refractivity contribution is 9.10. The molecule has 7 heteroatoms. The van der Waals surface area contributed by atoms with E-state index in [9.17, 15) is 9.59 Å². The number of amides is 1. The standard InChI is InChI=1S/C25H22BrN3O2S/c1-15-8-9-22(20(26)13-15)27-23(30)14-32-25-28-21-7-5-4-6-19(21)24(31)29(25)18-11-16(2)10-17(3)12-18/h4-13H,14H2,1-3H3,(H,27,30). The second kappa shape index (κ2) is 9.30. The van der Waals surface area contributed by atoms with Crippen LogP contribution in [-0.2, 0) is 4.79 Å². The van der Waals surface area contributed by atoms with E-state index in [1.54, 1.807) is 10.6 Å². The van der Waals surface area contributed by atoms with Gasteiger partial charge in [0.2, 0.25) is 5.91 Å². The van der Waals surface area contributed by atoms with E-state index in [0.717, 1.165) is 26.9 Å². The lowest BCUT2D eigenvalue weighted by atomic mass is 10.1. The Morgan fingerprint density at radius 3 is 2.44 bits per heavy atom. The van der Waals surface area contributed by atoms with E-state index >= 15 is 0 Å². The number of para-hydroxylation sites is 1. The van der Waals surface area contributed by atoms with Gasteiger partial charge in [0, 0.05) is 4.47 Å². The van der Waals surface area contributed by atoms with Gasteiger partial charge in [0.1, 0.15) is 0 Å². The third-order valence-electron chi connectivity index (χ3n) is 4.94. The third kappa shape index (κ3) is 4.79. The Balaban J connectivity index is 1.69. The maximum atomic E-state index is 13.4. The first-order chi connectivity index (χ1) is 15.3. The Kier molecular flexibility index (Phi) is 6.48. The van der Waals surface area contributed by atoms with Gasteiger partial charge in [0.05, 0.1) is 28.0 Å². The molecule has 1 heterocycles. The van der Waals surface area contributed by atoms with Crippen molar-refractivity contribution in [2.45, 2.75) is 25.9 Å². The molecule has 0 spiro atoms. The Labute approximate surface area is 199 Å². The number of aryl methyl sites for hydroxylation is 3. The first-order valence-electron chi connectivity index (χ1n) is 10.1. The molecule has 0 aliphatic heterocycles. The summed E-state index contributed by atoms with van der Waals surface area (Å²) in [5.74, 6) is -0.0514. The Bertz CT molecular complexity index is 1380. The minimum atomic E-state index is -0.172. The van der Waals surface area contributed by atoms with Crippen molar-refractivity contribution in [3.05, 3.63) is 92.2 Å². The molecule has 0 fully saturated rings. The van der Waals surface area contributed by atoms with Gasteiger partial charge in [0.25, 0.3) is 5.56 Å². The van der Waals surface area contributed by atoms with E-state index in [4.69, 9.17) is 4.98 Å². The van der Waals surface area contributed by atoms with Crippen molar-refractivity contribution in [2.24, 2.45) is 0 Å². The molecule has 0 atom stereocenters. The van der Waals surface area contributed by atoms with E-state index in [2.05, 4.69) is 27.3 Å². The molecule has 0 aliphatic carbocycles. The van der Waals surface area contributed by atoms with Crippen molar-refractivity contribution >= 4 is 50.2 Å². The van der Waals surface area contributed by atoms with Crippen LogP contribution in [0.2, 0.25) is 0 Å². The van der Waals surface area contributed by atoms with Crippen molar-refractivity contribution in [3.63, 3.8) is 0 Å². The monoisotopic (exact) mass is 507 g/mol. The number of anilines is 1. The first kappa shape index (κ1) is 22.3. The average Bonchev–Trinajstić information content (AvgIpc) is 2.73. The zero-order valence-electron chi connectivity index (χ0n) is 18.0. The molecule has 5 nitrogen and oxygen atoms in total. The molecule has 0 saturated carbocycles. The summed E-state index contributed by atoms with van der Waals surface area (Å²) in [4.78, 5) is 30.8. The number of benzene rings is 3. The van der Waals surface area contributed by atoms with Crippen molar-refractivity contribution in [1.82, 2.24) is 9.55 Å². The summed E-state index contributed by atoms with van der Waals surface area (Å²) in [5, 5.41) is 3.94. The van der Waals surface area contributed by atoms with Crippen LogP contribution in [0.4, 0.5) is 5.69 Å². The summed E-state index contributed by atoms with van der Waals surface area (Å²) in [5.41, 5.74) is 5.12. The molecule has 0 saturated heterocycles. The zero-order valence-corrected chi connectivity index (χ0v) is 20.4. The highest BCUT2D eigenvalue weighted by atomic mass is 79.9. The molecular formula is C25H22BrN3O2S. The Morgan fingerprint density at radius 1 is 1.00 bits per heavy atom. The number of rotatable bonds is 5. The summed E-state index contributed by atoms with van der Waals surface area (Å²) in [7, 11) is 0. The fourth-order valence-corrected chi connectivity index (χ4v) is 4.96. The van der Waals surface area contributed by atoms with Gasteiger partial charge in [-0.25, -0.2) is 4.98 Å². The van der Waals surface area contributed by atoms with E-state index in [1.807, 2.05) is 69.3 Å². The van der Waals surface area contributed by atoms with Gasteiger partial charge >= 0.3 is 0 Å². The predicted octanol–water partition coefficient (Wildman–Crippen LogP) is 5.80. The van der Waals surface area contributed by atoms with Gasteiger partial charge in [-0.1, -0.05) is 36.0 Å². The van der Waals surface area contributed by atoms with E-state index < -0.39 is 0 Å². The molecule has 0 bridgehead atoms. The molecule has 0 unspecified atom stereocenters. The van der Waals surface area contributed by atoms with Gasteiger partial charge in [-0.15, -0.1) is 0 Å². The number of nitrogens with zero attached hydrogens (tertiary/aromatic N) is 2. The number of aromatic nitrogens is 2. The van der Waals surface area contributed by atoms with Crippen LogP contribution in [-0.4, -0.2) is 21.2 Å². The van der Waals surface area contributed by atoms with E-state index in [-0.39, 0.29) is 17.2 Å². The number of fused-ring (bicyclic) bond motifs is 1. The molecule has 162 valence electrons. The minimum Gasteiger partial charge on any atom is -0.324 e. The van der Waals surface area contributed by atoms with E-state index in [0.29, 0.717) is 21.7 Å². The normalized spacial score (nSPS) is 11.0. The van der Waals surface area contributed by atoms with Crippen LogP contribution >= 0.6 is 27.7 Å². The summed E-state index contributed by atoms with van der Waals surface area (Å²) >= 11 is 4.73. The number of thioether (sulfide) groups is 1. The lowest BCUT2D eigenvalue weighted by Gasteiger charge is -2.14. The molecular weight excluding hydrogens is 486 g/mol. The number of nitrogens with one attached hydrogen (secondary N) is 1. The third-order valence-corrected chi connectivity index (χ3v) is 6.54. The molecule has 1 N–H and O–H groups in total. The smallest absolute Gasteiger partial charge is 0.266 e. The van der Waals surface area contributed by atoms with Crippen molar-refractivity contribution in [1.29, 1.82) is 0 Å². The molecule has 0 aliphatic rings. The van der Waals surface area contributed by atoms with Gasteiger partial charge in [0.15, 0.2) is 5.16 Å². The van der Waals surface area contributed by atoms with Crippen LogP contribution in [0.5, 0.6) is 0 Å². The van der Waals surface area contributed by atoms with Crippen molar-refractivity contribution in [3.8, 4) is 5.69 Å². The molecule has 3 aromatic carbocycles. The summed E-state index contributed by atoms with van der Waals surface area (Å²) in [6, 6.07) is 19.0. The van der Waals surface area contributed by atoms with E-state index in [1.165, 1.54) is 11.8 Å². The summed E-state index contributed by atoms with van der Waals surface area (Å²) in [6.45, 7) is 5.98. The Hall–Kier alpha value is -2.90. The largest absolute Gasteiger partial charge is 0.324 e. The fourth-order valence-electron chi connectivity index (χ4n) is 3.55. The SMILES string of the molecule is Cc1cc(C)cc(-n2c(SCC(=O)Nc3ccc(C)cc3Br)nc3ccccc3c2=O)c1. The topological polar surface area (TPSA) is 64.0 Å². The number of halogens is 1. The van der Waals surface area contributed by atoms with Crippen LogP contribution in [0.1, 0.15) is 16.7 Å². The first-order valence-corrected chi connectivity index (χ1v) is 11.9.